The molecule has 1 saturated carbocycles. The maximum Gasteiger partial charge on any atom is 0.327 e. The summed E-state index contributed by atoms with van der Waals surface area (Å²) in [5, 5.41) is 3.34. The third kappa shape index (κ3) is 5.29. The van der Waals surface area contributed by atoms with Crippen molar-refractivity contribution in [2.24, 2.45) is 5.92 Å². The van der Waals surface area contributed by atoms with E-state index in [1.807, 2.05) is 42.9 Å². The van der Waals surface area contributed by atoms with E-state index in [2.05, 4.69) is 43.7 Å². The van der Waals surface area contributed by atoms with E-state index >= 15 is 0 Å². The zero-order valence-electron chi connectivity index (χ0n) is 22.0. The number of carbonyl (C=O) groups is 2. The molecule has 0 radical (unpaired) electrons. The number of amides is 3. The zero-order valence-corrected chi connectivity index (χ0v) is 22.0. The van der Waals surface area contributed by atoms with E-state index in [9.17, 15) is 9.59 Å². The highest BCUT2D eigenvalue weighted by Gasteiger charge is 2.46. The number of nitrogens with one attached hydrogen (secondary N) is 1. The molecule has 2 aromatic heterocycles. The Labute approximate surface area is 217 Å². The minimum absolute atomic E-state index is 0.0159. The number of carbonyl (C=O) groups excluding carboxylic acids is 2. The highest BCUT2D eigenvalue weighted by molar-refractivity contribution is 5.93. The molecular weight excluding hydrogens is 472 g/mol. The van der Waals surface area contributed by atoms with Crippen LogP contribution < -0.4 is 10.2 Å². The van der Waals surface area contributed by atoms with Crippen molar-refractivity contribution in [2.45, 2.75) is 58.4 Å². The summed E-state index contributed by atoms with van der Waals surface area (Å²) in [5.41, 5.74) is 0.862. The van der Waals surface area contributed by atoms with Gasteiger partial charge in [0.05, 0.1) is 30.8 Å². The smallest absolute Gasteiger partial charge is 0.327 e. The van der Waals surface area contributed by atoms with Crippen molar-refractivity contribution >= 4 is 23.8 Å². The molecule has 3 atom stereocenters. The van der Waals surface area contributed by atoms with Gasteiger partial charge in [-0.05, 0) is 45.6 Å². The van der Waals surface area contributed by atoms with Gasteiger partial charge in [-0.2, -0.15) is 15.0 Å². The van der Waals surface area contributed by atoms with E-state index in [4.69, 9.17) is 0 Å². The van der Waals surface area contributed by atoms with E-state index in [1.165, 1.54) is 6.08 Å². The number of hydrogen-bond acceptors (Lipinski definition) is 8. The van der Waals surface area contributed by atoms with Gasteiger partial charge in [-0.25, -0.2) is 9.78 Å². The van der Waals surface area contributed by atoms with E-state index in [0.717, 1.165) is 31.6 Å². The quantitative estimate of drug-likeness (QED) is 0.538. The second-order valence-electron chi connectivity index (χ2n) is 10.4. The van der Waals surface area contributed by atoms with Crippen molar-refractivity contribution in [3.8, 4) is 0 Å². The minimum atomic E-state index is -0.145. The lowest BCUT2D eigenvalue weighted by atomic mass is 10.2. The number of urea groups is 1. The second kappa shape index (κ2) is 10.1. The third-order valence-electron chi connectivity index (χ3n) is 7.42. The molecule has 12 nitrogen and oxygen atoms in total. The topological polar surface area (TPSA) is 116 Å². The molecule has 5 rings (SSSR count). The number of aryl methyl sites for hydroxylation is 1. The minimum Gasteiger partial charge on any atom is -0.346 e. The summed E-state index contributed by atoms with van der Waals surface area (Å²) >= 11 is 0. The molecule has 12 heteroatoms. The third-order valence-corrected chi connectivity index (χ3v) is 7.42. The number of aromatic nitrogens is 5. The van der Waals surface area contributed by atoms with Gasteiger partial charge in [0.25, 0.3) is 0 Å². The normalized spacial score (nSPS) is 23.5. The van der Waals surface area contributed by atoms with E-state index < -0.39 is 0 Å². The van der Waals surface area contributed by atoms with E-state index in [0.29, 0.717) is 43.4 Å². The first-order valence-corrected chi connectivity index (χ1v) is 12.9. The van der Waals surface area contributed by atoms with Crippen LogP contribution in [0.15, 0.2) is 25.2 Å². The average molecular weight is 509 g/mol. The first-order valence-electron chi connectivity index (χ1n) is 12.9. The summed E-state index contributed by atoms with van der Waals surface area (Å²) in [6.07, 6.45) is 7.49. The molecule has 1 N–H and O–H groups in total. The average Bonchev–Trinajstić information content (AvgIpc) is 3.52. The van der Waals surface area contributed by atoms with Crippen LogP contribution in [0.25, 0.3) is 0 Å². The number of piperazine rings is 1. The molecule has 0 spiro atoms. The van der Waals surface area contributed by atoms with Gasteiger partial charge in [-0.15, -0.1) is 0 Å². The van der Waals surface area contributed by atoms with Crippen LogP contribution >= 0.6 is 0 Å². The van der Waals surface area contributed by atoms with Gasteiger partial charge in [0.1, 0.15) is 5.82 Å². The number of imidazole rings is 1. The number of rotatable bonds is 8. The fraction of sp³-hybridized carbons (Fsp3) is 0.600. The van der Waals surface area contributed by atoms with Crippen molar-refractivity contribution in [3.05, 3.63) is 36.7 Å². The molecule has 0 bridgehead atoms. The lowest BCUT2D eigenvalue weighted by Crippen LogP contribution is -2.53. The van der Waals surface area contributed by atoms with Crippen LogP contribution in [0.1, 0.15) is 44.2 Å². The molecule has 3 fully saturated rings. The Morgan fingerprint density at radius 1 is 1.24 bits per heavy atom. The lowest BCUT2D eigenvalue weighted by Gasteiger charge is -2.39. The van der Waals surface area contributed by atoms with Crippen LogP contribution in [-0.4, -0.2) is 96.5 Å². The highest BCUT2D eigenvalue weighted by atomic mass is 16.2. The Balaban J connectivity index is 1.23. The van der Waals surface area contributed by atoms with Crippen molar-refractivity contribution in [1.82, 2.24) is 39.2 Å². The molecular formula is C25H36N10O2. The largest absolute Gasteiger partial charge is 0.346 e. The fourth-order valence-corrected chi connectivity index (χ4v) is 5.26. The Hall–Kier alpha value is -3.54. The molecule has 2 aliphatic heterocycles. The van der Waals surface area contributed by atoms with E-state index in [1.54, 1.807) is 9.80 Å². The van der Waals surface area contributed by atoms with Gasteiger partial charge in [-0.1, -0.05) is 6.58 Å². The predicted molar refractivity (Wildman–Crippen MR) is 139 cm³/mol. The van der Waals surface area contributed by atoms with E-state index in [-0.39, 0.29) is 30.1 Å². The highest BCUT2D eigenvalue weighted by Crippen LogP contribution is 2.39. The summed E-state index contributed by atoms with van der Waals surface area (Å²) < 4.78 is 2.05. The number of likely N-dealkylation sites (N-methyl/N-ethyl adjacent to an activating group) is 1. The summed E-state index contributed by atoms with van der Waals surface area (Å²) in [6, 6.07) is 0.0305. The van der Waals surface area contributed by atoms with Crippen LogP contribution in [0, 0.1) is 12.8 Å². The van der Waals surface area contributed by atoms with Gasteiger partial charge in [0, 0.05) is 45.5 Å². The number of hydrogen-bond donors (Lipinski definition) is 1. The zero-order chi connectivity index (χ0) is 26.3. The van der Waals surface area contributed by atoms with Gasteiger partial charge < -0.3 is 19.7 Å². The monoisotopic (exact) mass is 508 g/mol. The van der Waals surface area contributed by atoms with Crippen LogP contribution in [0.3, 0.4) is 0 Å². The van der Waals surface area contributed by atoms with Gasteiger partial charge in [0.15, 0.2) is 0 Å². The molecule has 3 amide bonds. The molecule has 0 aromatic carbocycles. The van der Waals surface area contributed by atoms with Crippen LogP contribution in [-0.2, 0) is 11.5 Å². The van der Waals surface area contributed by atoms with Crippen LogP contribution in [0.2, 0.25) is 0 Å². The maximum atomic E-state index is 12.9. The molecule has 1 aliphatic carbocycles. The molecule has 2 aromatic rings. The Morgan fingerprint density at radius 2 is 2.03 bits per heavy atom. The molecule has 4 heterocycles. The van der Waals surface area contributed by atoms with Crippen LogP contribution in [0.4, 0.5) is 16.7 Å². The Bertz CT molecular complexity index is 1180. The molecule has 198 valence electrons. The molecule has 2 saturated heterocycles. The van der Waals surface area contributed by atoms with Crippen LogP contribution in [0.5, 0.6) is 0 Å². The van der Waals surface area contributed by atoms with Crippen molar-refractivity contribution in [1.29, 1.82) is 0 Å². The number of nitrogens with zero attached hydrogens (tertiary/aromatic N) is 9. The first kappa shape index (κ1) is 25.1. The van der Waals surface area contributed by atoms with Gasteiger partial charge in [-0.3, -0.25) is 14.6 Å². The number of anilines is 2. The first-order chi connectivity index (χ1) is 17.7. The molecule has 3 aliphatic rings. The summed E-state index contributed by atoms with van der Waals surface area (Å²) in [7, 11) is 1.82. The molecule has 0 unspecified atom stereocenters. The second-order valence-corrected chi connectivity index (χ2v) is 10.4. The van der Waals surface area contributed by atoms with Crippen molar-refractivity contribution in [2.75, 3.05) is 43.4 Å². The predicted octanol–water partition coefficient (Wildman–Crippen LogP) is 1.88. The summed E-state index contributed by atoms with van der Waals surface area (Å²) in [4.78, 5) is 50.7. The Kier molecular flexibility index (Phi) is 6.84. The standard InChI is InChI=1S/C25H36N10O2/c1-6-22(36)34-10-9-32(11-16(34)2)15-33-12-20(26-14-33)17(3)27-23-28-18(4)29-24(30-23)35-21(19-7-8-19)13-31(5)25(35)37/h6,12,14,16-17,19,21H,1,7-11,13,15H2,2-5H3,(H,27,28,29,30)/t16-,17-,21+/m0/s1. The maximum absolute atomic E-state index is 12.9. The SMILES string of the molecule is C=CC(=O)N1CCN(Cn2cnc([C@H](C)Nc3nc(C)nc(N4C(=O)N(C)C[C@@H]4C4CC4)n3)c2)C[C@@H]1C. The van der Waals surface area contributed by atoms with Crippen molar-refractivity contribution < 1.29 is 9.59 Å². The summed E-state index contributed by atoms with van der Waals surface area (Å²) in [6.45, 7) is 13.2. The fourth-order valence-electron chi connectivity index (χ4n) is 5.26. The summed E-state index contributed by atoms with van der Waals surface area (Å²) in [5.74, 6) is 1.89. The lowest BCUT2D eigenvalue weighted by molar-refractivity contribution is -0.130. The van der Waals surface area contributed by atoms with Crippen molar-refractivity contribution in [3.63, 3.8) is 0 Å². The molecule has 37 heavy (non-hydrogen) atoms. The van der Waals surface area contributed by atoms with Gasteiger partial charge >= 0.3 is 6.03 Å². The Morgan fingerprint density at radius 3 is 2.73 bits per heavy atom. The van der Waals surface area contributed by atoms with Gasteiger partial charge in [0.2, 0.25) is 17.8 Å².